The van der Waals surface area contributed by atoms with Crippen LogP contribution in [0, 0.1) is 6.92 Å². The molecule has 0 saturated carbocycles. The molecule has 3 aromatic rings. The Bertz CT molecular complexity index is 967. The second kappa shape index (κ2) is 6.50. The molecule has 0 spiro atoms. The number of rotatable bonds is 4. The molecule has 0 aliphatic carbocycles. The molecule has 5 heteroatoms. The maximum absolute atomic E-state index is 12.1. The zero-order chi connectivity index (χ0) is 17.1. The van der Waals surface area contributed by atoms with E-state index in [1.54, 1.807) is 18.2 Å². The number of ether oxygens (including phenoxy) is 1. The van der Waals surface area contributed by atoms with Gasteiger partial charge >= 0.3 is 11.6 Å². The van der Waals surface area contributed by atoms with E-state index in [1.165, 1.54) is 18.2 Å². The summed E-state index contributed by atoms with van der Waals surface area (Å²) in [5, 5.41) is 0.726. The smallest absolute Gasteiger partial charge is 0.338 e. The summed E-state index contributed by atoms with van der Waals surface area (Å²) in [5.41, 5.74) is 2.34. The fourth-order valence-corrected chi connectivity index (χ4v) is 2.38. The van der Waals surface area contributed by atoms with Crippen LogP contribution in [-0.2, 0) is 11.3 Å². The van der Waals surface area contributed by atoms with Gasteiger partial charge in [0.2, 0.25) is 0 Å². The molecule has 5 nitrogen and oxygen atoms in total. The number of benzene rings is 2. The van der Waals surface area contributed by atoms with Crippen molar-refractivity contribution in [1.82, 2.24) is 0 Å². The summed E-state index contributed by atoms with van der Waals surface area (Å²) in [7, 11) is 0. The highest BCUT2D eigenvalue weighted by Gasteiger charge is 2.11. The van der Waals surface area contributed by atoms with Gasteiger partial charge in [-0.1, -0.05) is 24.3 Å². The van der Waals surface area contributed by atoms with E-state index in [4.69, 9.17) is 9.15 Å². The van der Waals surface area contributed by atoms with Crippen LogP contribution in [0.4, 0.5) is 0 Å². The standard InChI is InChI=1S/C19H14O5/c1-12-2-7-16-15(9-18(21)24-17(16)8-12)11-23-19(22)14-5-3-13(10-20)4-6-14/h2-10H,11H2,1H3. The zero-order valence-electron chi connectivity index (χ0n) is 12.9. The van der Waals surface area contributed by atoms with E-state index in [-0.39, 0.29) is 6.61 Å². The number of carbonyl (C=O) groups excluding carboxylic acids is 2. The molecular formula is C19H14O5. The number of carbonyl (C=O) groups is 2. The van der Waals surface area contributed by atoms with Gasteiger partial charge in [-0.15, -0.1) is 0 Å². The van der Waals surface area contributed by atoms with Gasteiger partial charge in [0.25, 0.3) is 0 Å². The van der Waals surface area contributed by atoms with E-state index in [0.29, 0.717) is 28.6 Å². The molecule has 0 atom stereocenters. The van der Waals surface area contributed by atoms with E-state index in [1.807, 2.05) is 19.1 Å². The van der Waals surface area contributed by atoms with Crippen molar-refractivity contribution >= 4 is 23.2 Å². The predicted molar refractivity (Wildman–Crippen MR) is 88.2 cm³/mol. The van der Waals surface area contributed by atoms with Crippen LogP contribution >= 0.6 is 0 Å². The first-order valence-electron chi connectivity index (χ1n) is 7.32. The molecule has 0 amide bonds. The number of hydrogen-bond acceptors (Lipinski definition) is 5. The summed E-state index contributed by atoms with van der Waals surface area (Å²) in [5.74, 6) is -0.527. The third-order valence-corrected chi connectivity index (χ3v) is 3.63. The lowest BCUT2D eigenvalue weighted by atomic mass is 10.1. The maximum Gasteiger partial charge on any atom is 0.338 e. The fraction of sp³-hybridized carbons (Fsp3) is 0.105. The van der Waals surface area contributed by atoms with Crippen LogP contribution in [0.2, 0.25) is 0 Å². The first kappa shape index (κ1) is 15.7. The van der Waals surface area contributed by atoms with Gasteiger partial charge in [0.15, 0.2) is 0 Å². The van der Waals surface area contributed by atoms with Gasteiger partial charge in [-0.3, -0.25) is 4.79 Å². The molecule has 0 bridgehead atoms. The zero-order valence-corrected chi connectivity index (χ0v) is 12.9. The van der Waals surface area contributed by atoms with Gasteiger partial charge in [0.05, 0.1) is 5.56 Å². The maximum atomic E-state index is 12.1. The molecule has 0 aliphatic heterocycles. The molecule has 1 heterocycles. The summed E-state index contributed by atoms with van der Waals surface area (Å²) in [6.07, 6.45) is 0.701. The van der Waals surface area contributed by atoms with Crippen molar-refractivity contribution in [2.45, 2.75) is 13.5 Å². The Hall–Kier alpha value is -3.21. The van der Waals surface area contributed by atoms with Crippen molar-refractivity contribution in [2.75, 3.05) is 0 Å². The summed E-state index contributed by atoms with van der Waals surface area (Å²) < 4.78 is 10.4. The number of fused-ring (bicyclic) bond motifs is 1. The normalized spacial score (nSPS) is 10.5. The third kappa shape index (κ3) is 3.25. The molecule has 0 aliphatic rings. The van der Waals surface area contributed by atoms with Crippen LogP contribution in [0.1, 0.15) is 31.8 Å². The molecule has 1 aromatic heterocycles. The van der Waals surface area contributed by atoms with Gasteiger partial charge in [-0.2, -0.15) is 0 Å². The molecular weight excluding hydrogens is 308 g/mol. The second-order valence-electron chi connectivity index (χ2n) is 5.41. The fourth-order valence-electron chi connectivity index (χ4n) is 2.38. The lowest BCUT2D eigenvalue weighted by molar-refractivity contribution is 0.0473. The highest BCUT2D eigenvalue weighted by Crippen LogP contribution is 2.19. The monoisotopic (exact) mass is 322 g/mol. The van der Waals surface area contributed by atoms with Gasteiger partial charge in [0, 0.05) is 22.6 Å². The van der Waals surface area contributed by atoms with E-state index in [9.17, 15) is 14.4 Å². The summed E-state index contributed by atoms with van der Waals surface area (Å²) in [6, 6.07) is 12.9. The average Bonchev–Trinajstić information content (AvgIpc) is 2.59. The molecule has 0 fully saturated rings. The van der Waals surface area contributed by atoms with Crippen molar-refractivity contribution in [1.29, 1.82) is 0 Å². The summed E-state index contributed by atoms with van der Waals surface area (Å²) >= 11 is 0. The van der Waals surface area contributed by atoms with Crippen LogP contribution in [0.15, 0.2) is 57.7 Å². The van der Waals surface area contributed by atoms with Crippen molar-refractivity contribution < 1.29 is 18.7 Å². The Morgan fingerprint density at radius 3 is 2.58 bits per heavy atom. The molecule has 2 aromatic carbocycles. The molecule has 3 rings (SSSR count). The molecule has 0 radical (unpaired) electrons. The molecule has 120 valence electrons. The quantitative estimate of drug-likeness (QED) is 0.419. The summed E-state index contributed by atoms with van der Waals surface area (Å²) in [4.78, 5) is 34.4. The lowest BCUT2D eigenvalue weighted by Crippen LogP contribution is -2.08. The van der Waals surface area contributed by atoms with Crippen LogP contribution in [0.25, 0.3) is 11.0 Å². The Balaban J connectivity index is 1.83. The third-order valence-electron chi connectivity index (χ3n) is 3.63. The number of aldehydes is 1. The molecule has 0 N–H and O–H groups in total. The van der Waals surface area contributed by atoms with Gasteiger partial charge in [0.1, 0.15) is 18.5 Å². The minimum Gasteiger partial charge on any atom is -0.457 e. The average molecular weight is 322 g/mol. The van der Waals surface area contributed by atoms with Crippen LogP contribution < -0.4 is 5.63 Å². The van der Waals surface area contributed by atoms with E-state index in [0.717, 1.165) is 10.9 Å². The Labute approximate surface area is 137 Å². The minimum absolute atomic E-state index is 0.0422. The van der Waals surface area contributed by atoms with Crippen LogP contribution in [0.5, 0.6) is 0 Å². The molecule has 24 heavy (non-hydrogen) atoms. The lowest BCUT2D eigenvalue weighted by Gasteiger charge is -2.08. The second-order valence-corrected chi connectivity index (χ2v) is 5.41. The highest BCUT2D eigenvalue weighted by molar-refractivity contribution is 5.90. The summed E-state index contributed by atoms with van der Waals surface area (Å²) in [6.45, 7) is 1.86. The number of aryl methyl sites for hydroxylation is 1. The first-order chi connectivity index (χ1) is 11.6. The van der Waals surface area contributed by atoms with E-state index >= 15 is 0 Å². The Morgan fingerprint density at radius 1 is 1.12 bits per heavy atom. The topological polar surface area (TPSA) is 73.6 Å². The predicted octanol–water partition coefficient (Wildman–Crippen LogP) is 3.27. The Kier molecular flexibility index (Phi) is 4.24. The van der Waals surface area contributed by atoms with Crippen molar-refractivity contribution in [3.63, 3.8) is 0 Å². The van der Waals surface area contributed by atoms with E-state index < -0.39 is 11.6 Å². The van der Waals surface area contributed by atoms with E-state index in [2.05, 4.69) is 0 Å². The van der Waals surface area contributed by atoms with Crippen LogP contribution in [0.3, 0.4) is 0 Å². The number of hydrogen-bond donors (Lipinski definition) is 0. The van der Waals surface area contributed by atoms with Crippen molar-refractivity contribution in [3.05, 3.63) is 81.2 Å². The van der Waals surface area contributed by atoms with Gasteiger partial charge in [-0.25, -0.2) is 9.59 Å². The van der Waals surface area contributed by atoms with Crippen molar-refractivity contribution in [2.24, 2.45) is 0 Å². The van der Waals surface area contributed by atoms with Gasteiger partial charge < -0.3 is 9.15 Å². The van der Waals surface area contributed by atoms with Gasteiger partial charge in [-0.05, 0) is 30.7 Å². The first-order valence-corrected chi connectivity index (χ1v) is 7.32. The highest BCUT2D eigenvalue weighted by atomic mass is 16.5. The largest absolute Gasteiger partial charge is 0.457 e. The molecule has 0 saturated heterocycles. The van der Waals surface area contributed by atoms with Crippen LogP contribution in [-0.4, -0.2) is 12.3 Å². The van der Waals surface area contributed by atoms with Crippen molar-refractivity contribution in [3.8, 4) is 0 Å². The minimum atomic E-state index is -0.527. The SMILES string of the molecule is Cc1ccc2c(COC(=O)c3ccc(C=O)cc3)cc(=O)oc2c1. The Morgan fingerprint density at radius 2 is 1.88 bits per heavy atom. The number of esters is 1. The molecule has 0 unspecified atom stereocenters.